The number of carbonyl (C=O) groups is 2. The maximum absolute atomic E-state index is 13.2. The van der Waals surface area contributed by atoms with E-state index >= 15 is 0 Å². The Labute approximate surface area is 179 Å². The van der Waals surface area contributed by atoms with Crippen LogP contribution in [0.25, 0.3) is 0 Å². The Morgan fingerprint density at radius 3 is 2.40 bits per heavy atom. The van der Waals surface area contributed by atoms with Crippen LogP contribution in [0.15, 0.2) is 48.5 Å². The number of rotatable bonds is 8. The highest BCUT2D eigenvalue weighted by Crippen LogP contribution is 2.36. The molecule has 3 rings (SSSR count). The maximum atomic E-state index is 13.2. The van der Waals surface area contributed by atoms with Crippen molar-refractivity contribution in [3.63, 3.8) is 0 Å². The molecule has 0 aliphatic heterocycles. The van der Waals surface area contributed by atoms with Crippen molar-refractivity contribution in [1.29, 1.82) is 0 Å². The second-order valence-corrected chi connectivity index (χ2v) is 8.05. The van der Waals surface area contributed by atoms with Crippen molar-refractivity contribution in [1.82, 2.24) is 10.2 Å². The first kappa shape index (κ1) is 21.7. The van der Waals surface area contributed by atoms with Crippen LogP contribution in [-0.2, 0) is 11.3 Å². The van der Waals surface area contributed by atoms with Crippen LogP contribution in [0.5, 0.6) is 0 Å². The summed E-state index contributed by atoms with van der Waals surface area (Å²) in [7, 11) is 3.98. The zero-order chi connectivity index (χ0) is 21.7. The number of hydrogen-bond donors (Lipinski definition) is 2. The van der Waals surface area contributed by atoms with Crippen molar-refractivity contribution >= 4 is 23.3 Å². The third-order valence-corrected chi connectivity index (χ3v) is 5.46. The van der Waals surface area contributed by atoms with Crippen molar-refractivity contribution in [3.8, 4) is 0 Å². The van der Waals surface area contributed by atoms with Crippen LogP contribution in [-0.4, -0.2) is 37.5 Å². The molecule has 160 valence electrons. The highest BCUT2D eigenvalue weighted by molar-refractivity contribution is 5.89. The predicted octanol–water partition coefficient (Wildman–Crippen LogP) is 4.39. The van der Waals surface area contributed by atoms with E-state index in [4.69, 9.17) is 0 Å². The largest absolute Gasteiger partial charge is 0.377 e. The van der Waals surface area contributed by atoms with Gasteiger partial charge in [-0.15, -0.1) is 0 Å². The van der Waals surface area contributed by atoms with Crippen LogP contribution in [0.2, 0.25) is 0 Å². The standard InChI is InChI=1S/C24H32N4O2/c1-5-25-24(30)26-21-13-14-22(27(3)4)20(15-21)16-28(23(29)19-11-12-19)17(2)18-9-7-6-8-10-18/h6-10,13-15,17,19H,5,11-12,16H2,1-4H3,(H2,25,26,30). The van der Waals surface area contributed by atoms with Gasteiger partial charge in [-0.05, 0) is 56.0 Å². The van der Waals surface area contributed by atoms with E-state index in [-0.39, 0.29) is 23.9 Å². The Morgan fingerprint density at radius 2 is 1.80 bits per heavy atom. The molecular weight excluding hydrogens is 376 g/mol. The molecule has 0 heterocycles. The number of anilines is 2. The monoisotopic (exact) mass is 408 g/mol. The van der Waals surface area contributed by atoms with Gasteiger partial charge in [-0.3, -0.25) is 4.79 Å². The van der Waals surface area contributed by atoms with E-state index in [9.17, 15) is 9.59 Å². The Bertz CT molecular complexity index is 878. The molecule has 2 aromatic carbocycles. The first-order valence-electron chi connectivity index (χ1n) is 10.6. The van der Waals surface area contributed by atoms with Crippen LogP contribution in [0.3, 0.4) is 0 Å². The number of hydrogen-bond acceptors (Lipinski definition) is 3. The van der Waals surface area contributed by atoms with E-state index in [1.54, 1.807) is 0 Å². The fraction of sp³-hybridized carbons (Fsp3) is 0.417. The van der Waals surface area contributed by atoms with Gasteiger partial charge in [0.2, 0.25) is 5.91 Å². The topological polar surface area (TPSA) is 64.7 Å². The molecule has 6 heteroatoms. The lowest BCUT2D eigenvalue weighted by Crippen LogP contribution is -2.35. The number of benzene rings is 2. The van der Waals surface area contributed by atoms with Crippen molar-refractivity contribution in [2.45, 2.75) is 39.3 Å². The molecule has 2 aromatic rings. The molecule has 30 heavy (non-hydrogen) atoms. The molecule has 3 amide bonds. The first-order valence-corrected chi connectivity index (χ1v) is 10.6. The van der Waals surface area contributed by atoms with E-state index in [2.05, 4.69) is 29.7 Å². The molecule has 1 unspecified atom stereocenters. The molecule has 1 fully saturated rings. The number of amides is 3. The molecule has 1 saturated carbocycles. The van der Waals surface area contributed by atoms with Gasteiger partial charge in [0.05, 0.1) is 6.04 Å². The van der Waals surface area contributed by atoms with E-state index in [0.29, 0.717) is 18.8 Å². The van der Waals surface area contributed by atoms with Gasteiger partial charge in [-0.1, -0.05) is 30.3 Å². The van der Waals surface area contributed by atoms with Gasteiger partial charge in [0.1, 0.15) is 0 Å². The second-order valence-electron chi connectivity index (χ2n) is 8.05. The summed E-state index contributed by atoms with van der Waals surface area (Å²) in [5.41, 5.74) is 3.87. The molecule has 6 nitrogen and oxygen atoms in total. The highest BCUT2D eigenvalue weighted by atomic mass is 16.2. The summed E-state index contributed by atoms with van der Waals surface area (Å²) in [4.78, 5) is 29.2. The quantitative estimate of drug-likeness (QED) is 0.681. The molecule has 2 N–H and O–H groups in total. The van der Waals surface area contributed by atoms with Crippen LogP contribution >= 0.6 is 0 Å². The fourth-order valence-corrected chi connectivity index (χ4v) is 3.63. The average Bonchev–Trinajstić information content (AvgIpc) is 3.57. The second kappa shape index (κ2) is 9.65. The summed E-state index contributed by atoms with van der Waals surface area (Å²) in [5, 5.41) is 5.62. The number of nitrogens with zero attached hydrogens (tertiary/aromatic N) is 2. The smallest absolute Gasteiger partial charge is 0.319 e. The first-order chi connectivity index (χ1) is 14.4. The number of carbonyl (C=O) groups excluding carboxylic acids is 2. The summed E-state index contributed by atoms with van der Waals surface area (Å²) < 4.78 is 0. The fourth-order valence-electron chi connectivity index (χ4n) is 3.63. The molecule has 0 saturated heterocycles. The third kappa shape index (κ3) is 5.32. The zero-order valence-corrected chi connectivity index (χ0v) is 18.3. The van der Waals surface area contributed by atoms with Crippen LogP contribution in [0, 0.1) is 5.92 Å². The summed E-state index contributed by atoms with van der Waals surface area (Å²) in [6, 6.07) is 15.7. The molecule has 0 bridgehead atoms. The zero-order valence-electron chi connectivity index (χ0n) is 18.3. The van der Waals surface area contributed by atoms with Gasteiger partial charge >= 0.3 is 6.03 Å². The third-order valence-electron chi connectivity index (χ3n) is 5.46. The van der Waals surface area contributed by atoms with Gasteiger partial charge in [0, 0.05) is 44.5 Å². The van der Waals surface area contributed by atoms with Crippen molar-refractivity contribution in [2.75, 3.05) is 30.9 Å². The molecule has 0 spiro atoms. The summed E-state index contributed by atoms with van der Waals surface area (Å²) in [5.74, 6) is 0.341. The van der Waals surface area contributed by atoms with E-state index in [1.807, 2.05) is 67.2 Å². The van der Waals surface area contributed by atoms with Crippen molar-refractivity contribution < 1.29 is 9.59 Å². The SMILES string of the molecule is CCNC(=O)Nc1ccc(N(C)C)c(CN(C(=O)C2CC2)C(C)c2ccccc2)c1. The van der Waals surface area contributed by atoms with E-state index in [0.717, 1.165) is 29.7 Å². The molecule has 1 aliphatic carbocycles. The predicted molar refractivity (Wildman–Crippen MR) is 122 cm³/mol. The minimum Gasteiger partial charge on any atom is -0.377 e. The highest BCUT2D eigenvalue weighted by Gasteiger charge is 2.36. The Balaban J connectivity index is 1.91. The lowest BCUT2D eigenvalue weighted by molar-refractivity contribution is -0.135. The van der Waals surface area contributed by atoms with Gasteiger partial charge in [0.15, 0.2) is 0 Å². The van der Waals surface area contributed by atoms with Crippen LogP contribution in [0.4, 0.5) is 16.2 Å². The lowest BCUT2D eigenvalue weighted by atomic mass is 10.0. The van der Waals surface area contributed by atoms with Gasteiger partial charge < -0.3 is 20.4 Å². The summed E-state index contributed by atoms with van der Waals surface area (Å²) in [6.07, 6.45) is 1.94. The summed E-state index contributed by atoms with van der Waals surface area (Å²) >= 11 is 0. The number of urea groups is 1. The summed E-state index contributed by atoms with van der Waals surface area (Å²) in [6.45, 7) is 5.02. The average molecular weight is 409 g/mol. The lowest BCUT2D eigenvalue weighted by Gasteiger charge is -2.32. The maximum Gasteiger partial charge on any atom is 0.319 e. The Morgan fingerprint density at radius 1 is 1.10 bits per heavy atom. The van der Waals surface area contributed by atoms with Gasteiger partial charge in [-0.2, -0.15) is 0 Å². The molecular formula is C24H32N4O2. The number of nitrogens with one attached hydrogen (secondary N) is 2. The molecule has 1 aliphatic rings. The van der Waals surface area contributed by atoms with Crippen molar-refractivity contribution in [3.05, 3.63) is 59.7 Å². The molecule has 0 aromatic heterocycles. The molecule has 1 atom stereocenters. The van der Waals surface area contributed by atoms with Crippen LogP contribution < -0.4 is 15.5 Å². The van der Waals surface area contributed by atoms with E-state index < -0.39 is 0 Å². The van der Waals surface area contributed by atoms with E-state index in [1.165, 1.54) is 0 Å². The van der Waals surface area contributed by atoms with Gasteiger partial charge in [0.25, 0.3) is 0 Å². The minimum atomic E-state index is -0.232. The van der Waals surface area contributed by atoms with Crippen molar-refractivity contribution in [2.24, 2.45) is 5.92 Å². The van der Waals surface area contributed by atoms with Crippen LogP contribution in [0.1, 0.15) is 43.9 Å². The van der Waals surface area contributed by atoms with Gasteiger partial charge in [-0.25, -0.2) is 4.79 Å². The Hall–Kier alpha value is -3.02. The Kier molecular flexibility index (Phi) is 6.98. The minimum absolute atomic E-state index is 0.0330. The normalized spacial score (nSPS) is 14.0. The molecule has 0 radical (unpaired) electrons.